The number of fused-ring (bicyclic) bond motifs is 1. The largest absolute Gasteiger partial charge is 0.346 e. The van der Waals surface area contributed by atoms with Crippen molar-refractivity contribution in [1.29, 1.82) is 0 Å². The zero-order valence-electron chi connectivity index (χ0n) is 19.2. The van der Waals surface area contributed by atoms with Gasteiger partial charge < -0.3 is 20.9 Å². The minimum absolute atomic E-state index is 0.114. The van der Waals surface area contributed by atoms with Crippen LogP contribution in [0.15, 0.2) is 23.1 Å². The standard InChI is InChI=1S/C23H28N8O2/c1-11-7-12(2)27-21(32)14(11)8-25-22(33)20-13(3)19(17-5-6-26-30(17)4)28-23(29-20)31-9-15-16(10-31)18(15)24/h5-7,15-16,18H,8-10,24H2,1-4H3,(H,25,33)(H,27,32)/t15-,16+,18+. The second-order valence-corrected chi connectivity index (χ2v) is 9.12. The van der Waals surface area contributed by atoms with Gasteiger partial charge in [-0.3, -0.25) is 14.3 Å². The lowest BCUT2D eigenvalue weighted by molar-refractivity contribution is 0.0945. The molecule has 0 bridgehead atoms. The molecule has 172 valence electrons. The Bertz CT molecular complexity index is 1300. The van der Waals surface area contributed by atoms with Crippen molar-refractivity contribution >= 4 is 11.9 Å². The van der Waals surface area contributed by atoms with Gasteiger partial charge in [0.2, 0.25) is 5.95 Å². The summed E-state index contributed by atoms with van der Waals surface area (Å²) < 4.78 is 1.73. The molecule has 3 aromatic heterocycles. The number of hydrogen-bond acceptors (Lipinski definition) is 7. The molecule has 0 unspecified atom stereocenters. The van der Waals surface area contributed by atoms with Gasteiger partial charge in [-0.25, -0.2) is 9.97 Å². The molecule has 0 aromatic carbocycles. The highest BCUT2D eigenvalue weighted by Gasteiger charge is 2.54. The van der Waals surface area contributed by atoms with Gasteiger partial charge in [0.05, 0.1) is 11.4 Å². The number of nitrogens with one attached hydrogen (secondary N) is 2. The molecule has 0 spiro atoms. The number of nitrogens with zero attached hydrogens (tertiary/aromatic N) is 5. The number of H-pyrrole nitrogens is 1. The molecule has 3 atom stereocenters. The Morgan fingerprint density at radius 3 is 2.61 bits per heavy atom. The first kappa shape index (κ1) is 21.3. The highest BCUT2D eigenvalue weighted by Crippen LogP contribution is 2.44. The van der Waals surface area contributed by atoms with E-state index in [-0.39, 0.29) is 24.1 Å². The van der Waals surface area contributed by atoms with Gasteiger partial charge in [-0.2, -0.15) is 5.10 Å². The molecule has 10 nitrogen and oxygen atoms in total. The fourth-order valence-electron chi connectivity index (χ4n) is 4.81. The summed E-state index contributed by atoms with van der Waals surface area (Å²) in [7, 11) is 1.84. The molecule has 1 amide bonds. The highest BCUT2D eigenvalue weighted by molar-refractivity contribution is 5.95. The van der Waals surface area contributed by atoms with Gasteiger partial charge in [-0.05, 0) is 50.3 Å². The smallest absolute Gasteiger partial charge is 0.270 e. The summed E-state index contributed by atoms with van der Waals surface area (Å²) in [6.45, 7) is 7.22. The summed E-state index contributed by atoms with van der Waals surface area (Å²) in [5.41, 5.74) is 10.5. The Morgan fingerprint density at radius 1 is 1.24 bits per heavy atom. The van der Waals surface area contributed by atoms with Crippen LogP contribution in [0.1, 0.15) is 32.9 Å². The quantitative estimate of drug-likeness (QED) is 0.526. The molecule has 0 radical (unpaired) electrons. The molecule has 10 heteroatoms. The van der Waals surface area contributed by atoms with Crippen LogP contribution in [0, 0.1) is 32.6 Å². The van der Waals surface area contributed by atoms with Gasteiger partial charge in [0.15, 0.2) is 0 Å². The third-order valence-corrected chi connectivity index (χ3v) is 6.88. The highest BCUT2D eigenvalue weighted by atomic mass is 16.2. The topological polar surface area (TPSA) is 135 Å². The predicted molar refractivity (Wildman–Crippen MR) is 124 cm³/mol. The lowest BCUT2D eigenvalue weighted by Crippen LogP contribution is -2.32. The zero-order chi connectivity index (χ0) is 23.4. The van der Waals surface area contributed by atoms with Crippen LogP contribution in [-0.4, -0.2) is 49.8 Å². The van der Waals surface area contributed by atoms with E-state index < -0.39 is 0 Å². The van der Waals surface area contributed by atoms with Gasteiger partial charge in [0.1, 0.15) is 5.69 Å². The van der Waals surface area contributed by atoms with E-state index in [0.29, 0.717) is 40.3 Å². The zero-order valence-corrected chi connectivity index (χ0v) is 19.2. The number of anilines is 1. The third kappa shape index (κ3) is 3.70. The van der Waals surface area contributed by atoms with Crippen molar-refractivity contribution in [1.82, 2.24) is 30.0 Å². The molecule has 3 aromatic rings. The first-order chi connectivity index (χ1) is 15.7. The SMILES string of the molecule is Cc1cc(C)c(CNC(=O)c2nc(N3C[C@@H]4[C@@H](N)[C@@H]4C3)nc(-c3ccnn3C)c2C)c(=O)[nH]1. The molecule has 2 aliphatic rings. The summed E-state index contributed by atoms with van der Waals surface area (Å²) in [5, 5.41) is 7.13. The number of piperidine rings is 1. The van der Waals surface area contributed by atoms with E-state index >= 15 is 0 Å². The van der Waals surface area contributed by atoms with Crippen LogP contribution in [0.3, 0.4) is 0 Å². The molecule has 4 heterocycles. The van der Waals surface area contributed by atoms with Crippen molar-refractivity contribution in [2.24, 2.45) is 24.6 Å². The van der Waals surface area contributed by atoms with Crippen LogP contribution >= 0.6 is 0 Å². The second-order valence-electron chi connectivity index (χ2n) is 9.12. The molecule has 4 N–H and O–H groups in total. The van der Waals surface area contributed by atoms with Crippen LogP contribution in [0.4, 0.5) is 5.95 Å². The summed E-state index contributed by atoms with van der Waals surface area (Å²) in [6, 6.07) is 4.01. The number of rotatable bonds is 5. The Labute approximate surface area is 191 Å². The van der Waals surface area contributed by atoms with Crippen molar-refractivity contribution in [3.63, 3.8) is 0 Å². The van der Waals surface area contributed by atoms with Gasteiger partial charge in [-0.1, -0.05) is 0 Å². The van der Waals surface area contributed by atoms with Crippen LogP contribution in [0.25, 0.3) is 11.4 Å². The normalized spacial score (nSPS) is 21.2. The van der Waals surface area contributed by atoms with Gasteiger partial charge >= 0.3 is 0 Å². The lowest BCUT2D eigenvalue weighted by atomic mass is 10.1. The molecule has 1 aliphatic heterocycles. The van der Waals surface area contributed by atoms with Crippen molar-refractivity contribution in [3.8, 4) is 11.4 Å². The van der Waals surface area contributed by atoms with E-state index in [1.807, 2.05) is 40.0 Å². The number of carbonyl (C=O) groups is 1. The van der Waals surface area contributed by atoms with Crippen LogP contribution in [0.2, 0.25) is 0 Å². The van der Waals surface area contributed by atoms with Crippen molar-refractivity contribution in [3.05, 3.63) is 56.8 Å². The summed E-state index contributed by atoms with van der Waals surface area (Å²) in [5.74, 6) is 1.10. The van der Waals surface area contributed by atoms with Gasteiger partial charge in [0, 0.05) is 55.7 Å². The summed E-state index contributed by atoms with van der Waals surface area (Å²) in [4.78, 5) is 40.0. The maximum absolute atomic E-state index is 13.3. The van der Waals surface area contributed by atoms with Crippen LogP contribution in [0.5, 0.6) is 0 Å². The van der Waals surface area contributed by atoms with Gasteiger partial charge in [0.25, 0.3) is 11.5 Å². The number of aryl methyl sites for hydroxylation is 3. The van der Waals surface area contributed by atoms with Gasteiger partial charge in [-0.15, -0.1) is 0 Å². The predicted octanol–water partition coefficient (Wildman–Crippen LogP) is 0.814. The second kappa shape index (κ2) is 7.80. The number of carbonyl (C=O) groups excluding carboxylic acids is 1. The van der Waals surface area contributed by atoms with E-state index in [1.54, 1.807) is 10.9 Å². The minimum atomic E-state index is -0.347. The Morgan fingerprint density at radius 2 is 1.97 bits per heavy atom. The maximum Gasteiger partial charge on any atom is 0.270 e. The fourth-order valence-corrected chi connectivity index (χ4v) is 4.81. The molecule has 1 saturated carbocycles. The Balaban J connectivity index is 1.48. The summed E-state index contributed by atoms with van der Waals surface area (Å²) in [6.07, 6.45) is 1.70. The Hall–Kier alpha value is -3.53. The molecular formula is C23H28N8O2. The molecule has 33 heavy (non-hydrogen) atoms. The molecular weight excluding hydrogens is 420 g/mol. The van der Waals surface area contributed by atoms with E-state index in [4.69, 9.17) is 10.7 Å². The number of aromatic amines is 1. The van der Waals surface area contributed by atoms with Crippen molar-refractivity contribution < 1.29 is 4.79 Å². The van der Waals surface area contributed by atoms with E-state index in [1.165, 1.54) is 0 Å². The summed E-state index contributed by atoms with van der Waals surface area (Å²) >= 11 is 0. The number of nitrogens with two attached hydrogens (primary N) is 1. The number of amides is 1. The third-order valence-electron chi connectivity index (χ3n) is 6.88. The average molecular weight is 449 g/mol. The first-order valence-corrected chi connectivity index (χ1v) is 11.1. The number of hydrogen-bond donors (Lipinski definition) is 3. The van der Waals surface area contributed by atoms with Crippen LogP contribution in [-0.2, 0) is 13.6 Å². The van der Waals surface area contributed by atoms with Crippen molar-refractivity contribution in [2.45, 2.75) is 33.4 Å². The molecule has 1 aliphatic carbocycles. The van der Waals surface area contributed by atoms with E-state index in [9.17, 15) is 9.59 Å². The van der Waals surface area contributed by atoms with Crippen LogP contribution < -0.4 is 21.5 Å². The first-order valence-electron chi connectivity index (χ1n) is 11.1. The minimum Gasteiger partial charge on any atom is -0.346 e. The van der Waals surface area contributed by atoms with Crippen molar-refractivity contribution in [2.75, 3.05) is 18.0 Å². The molecule has 5 rings (SSSR count). The van der Waals surface area contributed by atoms with E-state index in [0.717, 1.165) is 30.0 Å². The number of pyridine rings is 1. The molecule has 1 saturated heterocycles. The number of aromatic nitrogens is 5. The maximum atomic E-state index is 13.3. The van der Waals surface area contributed by atoms with E-state index in [2.05, 4.69) is 25.3 Å². The lowest BCUT2D eigenvalue weighted by Gasteiger charge is -2.21. The monoisotopic (exact) mass is 448 g/mol. The Kier molecular flexibility index (Phi) is 5.04. The molecule has 2 fully saturated rings. The average Bonchev–Trinajstić information content (AvgIpc) is 3.13. The fraction of sp³-hybridized carbons (Fsp3) is 0.435.